The molecule has 0 aliphatic carbocycles. The van der Waals surface area contributed by atoms with Gasteiger partial charge >= 0.3 is 5.97 Å². The van der Waals surface area contributed by atoms with Crippen molar-refractivity contribution in [2.75, 3.05) is 16.0 Å². The van der Waals surface area contributed by atoms with E-state index < -0.39 is 5.97 Å². The van der Waals surface area contributed by atoms with Crippen LogP contribution < -0.4 is 10.2 Å². The van der Waals surface area contributed by atoms with Crippen LogP contribution >= 0.6 is 11.8 Å². The van der Waals surface area contributed by atoms with Gasteiger partial charge in [0.1, 0.15) is 0 Å². The molecule has 2 N–H and O–H groups in total. The summed E-state index contributed by atoms with van der Waals surface area (Å²) in [5.74, 6) is -0.0516. The van der Waals surface area contributed by atoms with Gasteiger partial charge in [-0.25, -0.2) is 0 Å². The highest BCUT2D eigenvalue weighted by molar-refractivity contribution is 7.99. The van der Waals surface area contributed by atoms with E-state index in [1.165, 1.54) is 0 Å². The quantitative estimate of drug-likeness (QED) is 0.647. The van der Waals surface area contributed by atoms with Gasteiger partial charge in [0.05, 0.1) is 12.5 Å². The molecular formula is C22H26N2O3S. The number of hydrogen-bond donors (Lipinski definition) is 2. The van der Waals surface area contributed by atoms with Gasteiger partial charge in [0.25, 0.3) is 0 Å². The highest BCUT2D eigenvalue weighted by Crippen LogP contribution is 2.39. The summed E-state index contributed by atoms with van der Waals surface area (Å²) in [5.41, 5.74) is 3.15. The van der Waals surface area contributed by atoms with E-state index in [-0.39, 0.29) is 24.4 Å². The number of carbonyl (C=O) groups is 2. The summed E-state index contributed by atoms with van der Waals surface area (Å²) in [6.07, 6.45) is 1.50. The SMILES string of the molecule is CCC(=O)N1c2ccccc2[C@H](Nc2ccc(SCCC(=O)O)cc2)C[C@@H]1C. The Balaban J connectivity index is 1.73. The lowest BCUT2D eigenvalue weighted by molar-refractivity contribution is -0.136. The molecule has 2 aromatic carbocycles. The first kappa shape index (κ1) is 20.3. The molecule has 0 fully saturated rings. The first-order chi connectivity index (χ1) is 13.5. The normalized spacial score (nSPS) is 18.4. The van der Waals surface area contributed by atoms with E-state index in [2.05, 4.69) is 18.3 Å². The van der Waals surface area contributed by atoms with Crippen LogP contribution in [0.15, 0.2) is 53.4 Å². The number of rotatable bonds is 7. The predicted molar refractivity (Wildman–Crippen MR) is 114 cm³/mol. The summed E-state index contributed by atoms with van der Waals surface area (Å²) in [4.78, 5) is 26.1. The Kier molecular flexibility index (Phi) is 6.62. The van der Waals surface area contributed by atoms with Gasteiger partial charge in [-0.05, 0) is 49.2 Å². The number of nitrogens with zero attached hydrogens (tertiary/aromatic N) is 1. The van der Waals surface area contributed by atoms with Crippen LogP contribution in [0.2, 0.25) is 0 Å². The molecular weight excluding hydrogens is 372 g/mol. The molecule has 2 aromatic rings. The van der Waals surface area contributed by atoms with E-state index in [0.29, 0.717) is 12.2 Å². The summed E-state index contributed by atoms with van der Waals surface area (Å²) in [6.45, 7) is 4.00. The molecule has 2 atom stereocenters. The number of hydrogen-bond acceptors (Lipinski definition) is 4. The second-order valence-corrected chi connectivity index (χ2v) is 8.14. The maximum absolute atomic E-state index is 12.4. The number of carbonyl (C=O) groups excluding carboxylic acids is 1. The second-order valence-electron chi connectivity index (χ2n) is 6.97. The van der Waals surface area contributed by atoms with Crippen molar-refractivity contribution < 1.29 is 14.7 Å². The predicted octanol–water partition coefficient (Wildman–Crippen LogP) is 4.94. The second kappa shape index (κ2) is 9.15. The average molecular weight is 399 g/mol. The molecule has 0 spiro atoms. The Morgan fingerprint density at radius 1 is 1.18 bits per heavy atom. The van der Waals surface area contributed by atoms with Crippen molar-refractivity contribution in [1.82, 2.24) is 0 Å². The molecule has 1 aliphatic rings. The third-order valence-electron chi connectivity index (χ3n) is 4.94. The number of carboxylic acids is 1. The van der Waals surface area contributed by atoms with Crippen LogP contribution in [0.4, 0.5) is 11.4 Å². The molecule has 0 radical (unpaired) electrons. The van der Waals surface area contributed by atoms with Crippen molar-refractivity contribution in [3.05, 3.63) is 54.1 Å². The van der Waals surface area contributed by atoms with Crippen LogP contribution in [0.3, 0.4) is 0 Å². The van der Waals surface area contributed by atoms with Crippen LogP contribution in [-0.4, -0.2) is 28.8 Å². The summed E-state index contributed by atoms with van der Waals surface area (Å²) >= 11 is 1.55. The van der Waals surface area contributed by atoms with Gasteiger partial charge in [-0.1, -0.05) is 25.1 Å². The van der Waals surface area contributed by atoms with Gasteiger partial charge in [-0.2, -0.15) is 0 Å². The molecule has 0 bridgehead atoms. The van der Waals surface area contributed by atoms with E-state index in [4.69, 9.17) is 5.11 Å². The van der Waals surface area contributed by atoms with Crippen molar-refractivity contribution in [1.29, 1.82) is 0 Å². The van der Waals surface area contributed by atoms with Gasteiger partial charge in [-0.15, -0.1) is 11.8 Å². The number of nitrogens with one attached hydrogen (secondary N) is 1. The Hall–Kier alpha value is -2.47. The molecule has 0 aromatic heterocycles. The molecule has 1 heterocycles. The zero-order valence-corrected chi connectivity index (χ0v) is 17.0. The van der Waals surface area contributed by atoms with Crippen molar-refractivity contribution in [3.63, 3.8) is 0 Å². The largest absolute Gasteiger partial charge is 0.481 e. The molecule has 1 aliphatic heterocycles. The zero-order chi connectivity index (χ0) is 20.1. The first-order valence-corrected chi connectivity index (χ1v) is 10.6. The average Bonchev–Trinajstić information content (AvgIpc) is 2.68. The zero-order valence-electron chi connectivity index (χ0n) is 16.2. The Labute approximate surface area is 170 Å². The summed E-state index contributed by atoms with van der Waals surface area (Å²) in [7, 11) is 0. The fourth-order valence-corrected chi connectivity index (χ4v) is 4.45. The monoisotopic (exact) mass is 398 g/mol. The van der Waals surface area contributed by atoms with E-state index >= 15 is 0 Å². The number of aliphatic carboxylic acids is 1. The molecule has 1 amide bonds. The Morgan fingerprint density at radius 2 is 1.89 bits per heavy atom. The Bertz CT molecular complexity index is 838. The lowest BCUT2D eigenvalue weighted by Gasteiger charge is -2.40. The lowest BCUT2D eigenvalue weighted by atomic mass is 9.91. The summed E-state index contributed by atoms with van der Waals surface area (Å²) in [5, 5.41) is 12.3. The minimum absolute atomic E-state index is 0.130. The van der Waals surface area contributed by atoms with Crippen molar-refractivity contribution in [3.8, 4) is 0 Å². The molecule has 3 rings (SSSR count). The molecule has 0 saturated carbocycles. The van der Waals surface area contributed by atoms with Crippen molar-refractivity contribution >= 4 is 35.0 Å². The molecule has 5 nitrogen and oxygen atoms in total. The number of anilines is 2. The maximum atomic E-state index is 12.4. The number of fused-ring (bicyclic) bond motifs is 1. The highest BCUT2D eigenvalue weighted by atomic mass is 32.2. The van der Waals surface area contributed by atoms with Crippen LogP contribution in [0.1, 0.15) is 44.7 Å². The number of para-hydroxylation sites is 1. The fourth-order valence-electron chi connectivity index (χ4n) is 3.60. The van der Waals surface area contributed by atoms with E-state index in [0.717, 1.165) is 28.3 Å². The third kappa shape index (κ3) is 4.68. The first-order valence-electron chi connectivity index (χ1n) is 9.61. The molecule has 148 valence electrons. The molecule has 6 heteroatoms. The van der Waals surface area contributed by atoms with E-state index in [1.807, 2.05) is 54.3 Å². The summed E-state index contributed by atoms with van der Waals surface area (Å²) in [6, 6.07) is 16.5. The topological polar surface area (TPSA) is 69.6 Å². The lowest BCUT2D eigenvalue weighted by Crippen LogP contribution is -2.44. The molecule has 0 unspecified atom stereocenters. The smallest absolute Gasteiger partial charge is 0.304 e. The van der Waals surface area contributed by atoms with E-state index in [9.17, 15) is 9.59 Å². The number of carboxylic acid groups (broad SMARTS) is 1. The fraction of sp³-hybridized carbons (Fsp3) is 0.364. The Morgan fingerprint density at radius 3 is 2.57 bits per heavy atom. The highest BCUT2D eigenvalue weighted by Gasteiger charge is 2.32. The van der Waals surface area contributed by atoms with Crippen LogP contribution in [0.25, 0.3) is 0 Å². The number of benzene rings is 2. The van der Waals surface area contributed by atoms with Crippen molar-refractivity contribution in [2.24, 2.45) is 0 Å². The molecule has 28 heavy (non-hydrogen) atoms. The summed E-state index contributed by atoms with van der Waals surface area (Å²) < 4.78 is 0. The number of thioether (sulfide) groups is 1. The minimum Gasteiger partial charge on any atom is -0.481 e. The maximum Gasteiger partial charge on any atom is 0.304 e. The van der Waals surface area contributed by atoms with Gasteiger partial charge in [0.15, 0.2) is 0 Å². The third-order valence-corrected chi connectivity index (χ3v) is 5.95. The van der Waals surface area contributed by atoms with Crippen LogP contribution in [0.5, 0.6) is 0 Å². The van der Waals surface area contributed by atoms with Crippen LogP contribution in [-0.2, 0) is 9.59 Å². The van der Waals surface area contributed by atoms with Crippen LogP contribution in [0, 0.1) is 0 Å². The van der Waals surface area contributed by atoms with E-state index in [1.54, 1.807) is 11.8 Å². The standard InChI is InChI=1S/C22H26N2O3S/c1-3-21(25)24-15(2)14-19(18-6-4-5-7-20(18)24)23-16-8-10-17(11-9-16)28-13-12-22(26)27/h4-11,15,19,23H,3,12-14H2,1-2H3,(H,26,27)/t15-,19+/m0/s1. The molecule has 0 saturated heterocycles. The minimum atomic E-state index is -0.772. The number of amides is 1. The van der Waals surface area contributed by atoms with Gasteiger partial charge in [0.2, 0.25) is 5.91 Å². The van der Waals surface area contributed by atoms with Gasteiger partial charge < -0.3 is 15.3 Å². The van der Waals surface area contributed by atoms with Gasteiger partial charge in [-0.3, -0.25) is 9.59 Å². The van der Waals surface area contributed by atoms with Crippen molar-refractivity contribution in [2.45, 2.75) is 50.1 Å². The van der Waals surface area contributed by atoms with Gasteiger partial charge in [0, 0.05) is 34.5 Å².